The van der Waals surface area contributed by atoms with Crippen LogP contribution in [0.5, 0.6) is 0 Å². The Morgan fingerprint density at radius 2 is 0.476 bits per heavy atom. The van der Waals surface area contributed by atoms with E-state index < -0.39 is 12.3 Å². The topological polar surface area (TPSA) is 115 Å². The molecule has 0 spiro atoms. The quantitative estimate of drug-likeness (QED) is 0.570. The third-order valence-electron chi connectivity index (χ3n) is 1.33. The van der Waals surface area contributed by atoms with Gasteiger partial charge in [-0.2, -0.15) is 0 Å². The lowest BCUT2D eigenvalue weighted by Gasteiger charge is -1.69. The van der Waals surface area contributed by atoms with Crippen LogP contribution < -0.4 is 0 Å². The lowest BCUT2D eigenvalue weighted by Crippen LogP contribution is -1.81. The second-order valence-electron chi connectivity index (χ2n) is 2.87. The average molecular weight is 296 g/mol. The van der Waals surface area contributed by atoms with E-state index in [4.69, 9.17) is 30.0 Å². The lowest BCUT2D eigenvalue weighted by atomic mass is 10.4. The van der Waals surface area contributed by atoms with E-state index in [9.17, 15) is 0 Å². The molecule has 2 rings (SSSR count). The molecule has 0 fully saturated rings. The van der Waals surface area contributed by atoms with E-state index in [-0.39, 0.29) is 7.43 Å². The molecule has 21 heavy (non-hydrogen) atoms. The molecular weight excluding hydrogens is 276 g/mol. The van der Waals surface area contributed by atoms with E-state index in [1.165, 1.54) is 0 Å². The zero-order valence-corrected chi connectivity index (χ0v) is 10.5. The van der Waals surface area contributed by atoms with Gasteiger partial charge in [-0.05, 0) is 0 Å². The molecule has 4 N–H and O–H groups in total. The molecule has 2 aromatic rings. The molecular formula is C15H20O6. The van der Waals surface area contributed by atoms with Gasteiger partial charge in [-0.3, -0.25) is 0 Å². The molecule has 2 aromatic carbocycles. The predicted octanol–water partition coefficient (Wildman–Crippen LogP) is 4.45. The molecule has 0 aliphatic rings. The summed E-state index contributed by atoms with van der Waals surface area (Å²) in [6.45, 7) is 0. The highest BCUT2D eigenvalue weighted by molar-refractivity contribution is 5.53. The molecule has 116 valence electrons. The Balaban J connectivity index is -0.000000208. The second kappa shape index (κ2) is 19.3. The Bertz CT molecular complexity index is 326. The van der Waals surface area contributed by atoms with Gasteiger partial charge < -0.3 is 20.4 Å². The number of hydrogen-bond donors (Lipinski definition) is 4. The largest absolute Gasteiger partial charge is 0.503 e. The minimum atomic E-state index is -1.83. The Hall–Kier alpha value is -3.02. The second-order valence-corrected chi connectivity index (χ2v) is 2.87. The maximum absolute atomic E-state index is 8.56. The number of hydrogen-bond acceptors (Lipinski definition) is 2. The van der Waals surface area contributed by atoms with Crippen LogP contribution in [0.4, 0.5) is 9.59 Å². The Kier molecular flexibility index (Phi) is 21.3. The monoisotopic (exact) mass is 296 g/mol. The Morgan fingerprint density at radius 1 is 0.429 bits per heavy atom. The van der Waals surface area contributed by atoms with Crippen LogP contribution in [-0.2, 0) is 0 Å². The minimum Gasteiger partial charge on any atom is -0.450 e. The van der Waals surface area contributed by atoms with Gasteiger partial charge >= 0.3 is 12.3 Å². The molecule has 0 aliphatic carbocycles. The number of carboxylic acid groups (broad SMARTS) is 4. The van der Waals surface area contributed by atoms with Crippen LogP contribution >= 0.6 is 0 Å². The van der Waals surface area contributed by atoms with E-state index in [1.807, 2.05) is 72.8 Å². The van der Waals surface area contributed by atoms with Crippen LogP contribution in [0.1, 0.15) is 7.43 Å². The van der Waals surface area contributed by atoms with Crippen molar-refractivity contribution in [2.24, 2.45) is 0 Å². The van der Waals surface area contributed by atoms with Gasteiger partial charge in [0.2, 0.25) is 0 Å². The molecule has 6 heteroatoms. The van der Waals surface area contributed by atoms with Crippen molar-refractivity contribution in [3.8, 4) is 0 Å². The van der Waals surface area contributed by atoms with E-state index >= 15 is 0 Å². The van der Waals surface area contributed by atoms with E-state index in [0.29, 0.717) is 0 Å². The first-order valence-corrected chi connectivity index (χ1v) is 5.30. The first-order chi connectivity index (χ1) is 9.46. The highest BCUT2D eigenvalue weighted by Gasteiger charge is 1.70. The lowest BCUT2D eigenvalue weighted by molar-refractivity contribution is 0.135. The van der Waals surface area contributed by atoms with Crippen molar-refractivity contribution in [3.63, 3.8) is 0 Å². The summed E-state index contributed by atoms with van der Waals surface area (Å²) in [4.78, 5) is 17.1. The summed E-state index contributed by atoms with van der Waals surface area (Å²) >= 11 is 0. The van der Waals surface area contributed by atoms with Gasteiger partial charge in [0.05, 0.1) is 0 Å². The van der Waals surface area contributed by atoms with Gasteiger partial charge in [-0.25, -0.2) is 9.59 Å². The molecule has 0 radical (unpaired) electrons. The van der Waals surface area contributed by atoms with E-state index in [2.05, 4.69) is 0 Å². The smallest absolute Gasteiger partial charge is 0.450 e. The molecule has 0 saturated carbocycles. The van der Waals surface area contributed by atoms with Crippen molar-refractivity contribution >= 4 is 12.3 Å². The third-order valence-corrected chi connectivity index (χ3v) is 1.33. The average Bonchev–Trinajstić information content (AvgIpc) is 2.42. The summed E-state index contributed by atoms with van der Waals surface area (Å²) in [5.41, 5.74) is 0. The Morgan fingerprint density at radius 3 is 0.524 bits per heavy atom. The van der Waals surface area contributed by atoms with Gasteiger partial charge in [0.15, 0.2) is 0 Å². The van der Waals surface area contributed by atoms with Crippen molar-refractivity contribution in [1.29, 1.82) is 0 Å². The summed E-state index contributed by atoms with van der Waals surface area (Å²) in [5.74, 6) is 0. The van der Waals surface area contributed by atoms with Crippen LogP contribution in [0.2, 0.25) is 0 Å². The molecule has 0 saturated heterocycles. The maximum Gasteiger partial charge on any atom is 0.503 e. The molecule has 0 aliphatic heterocycles. The third kappa shape index (κ3) is 47.3. The molecule has 6 nitrogen and oxygen atoms in total. The van der Waals surface area contributed by atoms with Gasteiger partial charge in [-0.15, -0.1) is 0 Å². The van der Waals surface area contributed by atoms with E-state index in [0.717, 1.165) is 0 Å². The van der Waals surface area contributed by atoms with Crippen molar-refractivity contribution in [1.82, 2.24) is 0 Å². The fourth-order valence-electron chi connectivity index (χ4n) is 0.770. The molecule has 0 aromatic heterocycles. The minimum absolute atomic E-state index is 0. The van der Waals surface area contributed by atoms with Gasteiger partial charge in [0.1, 0.15) is 0 Å². The van der Waals surface area contributed by atoms with Gasteiger partial charge in [0, 0.05) is 0 Å². The summed E-state index contributed by atoms with van der Waals surface area (Å²) in [7, 11) is 0. The van der Waals surface area contributed by atoms with Crippen molar-refractivity contribution < 1.29 is 30.0 Å². The number of rotatable bonds is 0. The Labute approximate surface area is 123 Å². The molecule has 0 atom stereocenters. The normalized spacial score (nSPS) is 6.86. The summed E-state index contributed by atoms with van der Waals surface area (Å²) in [5, 5.41) is 27.9. The number of carbonyl (C=O) groups is 2. The first-order valence-electron chi connectivity index (χ1n) is 5.30. The van der Waals surface area contributed by atoms with Crippen LogP contribution in [0.25, 0.3) is 0 Å². The highest BCUT2D eigenvalue weighted by Crippen LogP contribution is 1.80. The van der Waals surface area contributed by atoms with Crippen LogP contribution in [0.3, 0.4) is 0 Å². The van der Waals surface area contributed by atoms with Crippen molar-refractivity contribution in [2.75, 3.05) is 0 Å². The van der Waals surface area contributed by atoms with Crippen LogP contribution in [0, 0.1) is 0 Å². The zero-order chi connectivity index (χ0) is 15.6. The SMILES string of the molecule is C.O=C(O)O.O=C(O)O.c1ccccc1.c1ccccc1. The fourth-order valence-corrected chi connectivity index (χ4v) is 0.770. The van der Waals surface area contributed by atoms with Crippen LogP contribution in [-0.4, -0.2) is 32.7 Å². The van der Waals surface area contributed by atoms with E-state index in [1.54, 1.807) is 0 Å². The maximum atomic E-state index is 8.56. The molecule has 0 amide bonds. The summed E-state index contributed by atoms with van der Waals surface area (Å²) in [6.07, 6.45) is -3.67. The van der Waals surface area contributed by atoms with Crippen LogP contribution in [0.15, 0.2) is 72.8 Å². The van der Waals surface area contributed by atoms with Gasteiger partial charge in [-0.1, -0.05) is 80.2 Å². The van der Waals surface area contributed by atoms with Crippen molar-refractivity contribution in [3.05, 3.63) is 72.8 Å². The first kappa shape index (κ1) is 23.1. The highest BCUT2D eigenvalue weighted by atomic mass is 16.6. The summed E-state index contributed by atoms with van der Waals surface area (Å²) < 4.78 is 0. The predicted molar refractivity (Wildman–Crippen MR) is 80.9 cm³/mol. The summed E-state index contributed by atoms with van der Waals surface area (Å²) in [6, 6.07) is 24.0. The standard InChI is InChI=1S/2C6H6.2CH2O3.CH4/c2*1-2-4-6-5-3-1;2*2-1(3)4;/h2*1-6H;2*(H2,2,3,4);1H4. The molecule has 0 heterocycles. The van der Waals surface area contributed by atoms with Crippen molar-refractivity contribution in [2.45, 2.75) is 7.43 Å². The zero-order valence-electron chi connectivity index (χ0n) is 10.5. The number of benzene rings is 2. The van der Waals surface area contributed by atoms with Gasteiger partial charge in [0.25, 0.3) is 0 Å². The molecule has 0 bridgehead atoms. The fraction of sp³-hybridized carbons (Fsp3) is 0.0667. The molecule has 0 unspecified atom stereocenters.